The normalized spacial score (nSPS) is 19.9. The summed E-state index contributed by atoms with van der Waals surface area (Å²) in [5.41, 5.74) is -1.90. The van der Waals surface area contributed by atoms with Gasteiger partial charge in [-0.05, 0) is 32.9 Å². The number of rotatable bonds is 6. The first kappa shape index (κ1) is 13.9. The fraction of sp³-hybridized carbons (Fsp3) is 0.818. The standard InChI is InChI=1S/C11H20N2O4/c1-11(17,10(15)16)8-12-9(14)4-7-13-5-2-3-6-13/h17H,2-8H2,1H3,(H,12,14)(H,15,16). The zero-order valence-electron chi connectivity index (χ0n) is 10.1. The lowest BCUT2D eigenvalue weighted by atomic mass is 10.1. The number of carboxylic acid groups (broad SMARTS) is 1. The third-order valence-electron chi connectivity index (χ3n) is 2.94. The number of hydrogen-bond acceptors (Lipinski definition) is 4. The molecule has 0 bridgehead atoms. The Bertz CT molecular complexity index is 285. The summed E-state index contributed by atoms with van der Waals surface area (Å²) in [7, 11) is 0. The maximum atomic E-state index is 11.4. The van der Waals surface area contributed by atoms with Crippen LogP contribution in [0.2, 0.25) is 0 Å². The minimum Gasteiger partial charge on any atom is -0.479 e. The molecule has 0 aromatic heterocycles. The second-order valence-electron chi connectivity index (χ2n) is 4.65. The van der Waals surface area contributed by atoms with E-state index in [0.29, 0.717) is 13.0 Å². The second-order valence-corrected chi connectivity index (χ2v) is 4.65. The van der Waals surface area contributed by atoms with Crippen LogP contribution in [0.3, 0.4) is 0 Å². The maximum absolute atomic E-state index is 11.4. The van der Waals surface area contributed by atoms with Crippen LogP contribution in [-0.2, 0) is 9.59 Å². The largest absolute Gasteiger partial charge is 0.479 e. The van der Waals surface area contributed by atoms with Crippen molar-refractivity contribution in [2.75, 3.05) is 26.2 Å². The molecule has 0 aliphatic carbocycles. The molecule has 3 N–H and O–H groups in total. The molecular formula is C11H20N2O4. The van der Waals surface area contributed by atoms with E-state index in [4.69, 9.17) is 5.11 Å². The molecule has 0 aromatic rings. The molecule has 0 spiro atoms. The summed E-state index contributed by atoms with van der Waals surface area (Å²) < 4.78 is 0. The first-order valence-corrected chi connectivity index (χ1v) is 5.86. The fourth-order valence-electron chi connectivity index (χ4n) is 1.70. The van der Waals surface area contributed by atoms with Crippen LogP contribution in [0.1, 0.15) is 26.2 Å². The van der Waals surface area contributed by atoms with E-state index < -0.39 is 11.6 Å². The molecule has 6 heteroatoms. The molecule has 17 heavy (non-hydrogen) atoms. The van der Waals surface area contributed by atoms with Gasteiger partial charge in [0, 0.05) is 13.0 Å². The quantitative estimate of drug-likeness (QED) is 0.582. The van der Waals surface area contributed by atoms with Gasteiger partial charge in [0.25, 0.3) is 0 Å². The summed E-state index contributed by atoms with van der Waals surface area (Å²) in [6.07, 6.45) is 2.69. The minimum atomic E-state index is -1.90. The smallest absolute Gasteiger partial charge is 0.337 e. The molecule has 0 aromatic carbocycles. The lowest BCUT2D eigenvalue weighted by Crippen LogP contribution is -2.46. The topological polar surface area (TPSA) is 89.9 Å². The molecule has 1 amide bonds. The maximum Gasteiger partial charge on any atom is 0.337 e. The van der Waals surface area contributed by atoms with E-state index in [9.17, 15) is 14.7 Å². The van der Waals surface area contributed by atoms with Crippen LogP contribution in [0.5, 0.6) is 0 Å². The number of hydrogen-bond donors (Lipinski definition) is 3. The third-order valence-corrected chi connectivity index (χ3v) is 2.94. The number of carbonyl (C=O) groups excluding carboxylic acids is 1. The number of carboxylic acids is 1. The van der Waals surface area contributed by atoms with Gasteiger partial charge < -0.3 is 20.4 Å². The Morgan fingerprint density at radius 2 is 1.94 bits per heavy atom. The van der Waals surface area contributed by atoms with Crippen LogP contribution < -0.4 is 5.32 Å². The van der Waals surface area contributed by atoms with Crippen LogP contribution in [0.4, 0.5) is 0 Å². The van der Waals surface area contributed by atoms with Gasteiger partial charge in [-0.25, -0.2) is 4.79 Å². The number of likely N-dealkylation sites (tertiary alicyclic amines) is 1. The molecule has 1 atom stereocenters. The van der Waals surface area contributed by atoms with Crippen LogP contribution >= 0.6 is 0 Å². The molecule has 1 fully saturated rings. The van der Waals surface area contributed by atoms with Crippen molar-refractivity contribution < 1.29 is 19.8 Å². The van der Waals surface area contributed by atoms with Gasteiger partial charge in [-0.3, -0.25) is 4.79 Å². The van der Waals surface area contributed by atoms with Gasteiger partial charge in [-0.2, -0.15) is 0 Å². The van der Waals surface area contributed by atoms with E-state index in [-0.39, 0.29) is 12.5 Å². The molecule has 1 rings (SSSR count). The highest BCUT2D eigenvalue weighted by Gasteiger charge is 2.30. The monoisotopic (exact) mass is 244 g/mol. The Labute approximate surface area is 101 Å². The van der Waals surface area contributed by atoms with Gasteiger partial charge in [0.05, 0.1) is 6.54 Å². The highest BCUT2D eigenvalue weighted by Crippen LogP contribution is 2.07. The summed E-state index contributed by atoms with van der Waals surface area (Å²) in [5, 5.41) is 20.5. The Morgan fingerprint density at radius 1 is 1.35 bits per heavy atom. The summed E-state index contributed by atoms with van der Waals surface area (Å²) in [4.78, 5) is 24.2. The van der Waals surface area contributed by atoms with E-state index in [1.807, 2.05) is 0 Å². The van der Waals surface area contributed by atoms with Crippen LogP contribution in [0.25, 0.3) is 0 Å². The summed E-state index contributed by atoms with van der Waals surface area (Å²) in [6.45, 7) is 3.65. The number of nitrogens with zero attached hydrogens (tertiary/aromatic N) is 1. The summed E-state index contributed by atoms with van der Waals surface area (Å²) >= 11 is 0. The first-order chi connectivity index (χ1) is 7.92. The van der Waals surface area contributed by atoms with E-state index >= 15 is 0 Å². The molecule has 1 unspecified atom stereocenters. The SMILES string of the molecule is CC(O)(CNC(=O)CCN1CCCC1)C(=O)O. The molecule has 1 aliphatic rings. The van der Waals surface area contributed by atoms with Crippen molar-refractivity contribution in [1.82, 2.24) is 10.2 Å². The molecule has 98 valence electrons. The number of carbonyl (C=O) groups is 2. The zero-order chi connectivity index (χ0) is 12.9. The van der Waals surface area contributed by atoms with Crippen LogP contribution in [0, 0.1) is 0 Å². The van der Waals surface area contributed by atoms with Gasteiger partial charge in [-0.1, -0.05) is 0 Å². The van der Waals surface area contributed by atoms with Gasteiger partial charge in [0.15, 0.2) is 5.60 Å². The number of amides is 1. The molecule has 0 saturated carbocycles. The third kappa shape index (κ3) is 4.70. The second kappa shape index (κ2) is 5.97. The lowest BCUT2D eigenvalue weighted by molar-refractivity contribution is -0.156. The number of nitrogens with one attached hydrogen (secondary N) is 1. The Kier molecular flexibility index (Phi) is 4.89. The molecule has 1 saturated heterocycles. The van der Waals surface area contributed by atoms with E-state index in [2.05, 4.69) is 10.2 Å². The van der Waals surface area contributed by atoms with Crippen LogP contribution in [-0.4, -0.2) is 58.8 Å². The van der Waals surface area contributed by atoms with Crippen molar-refractivity contribution in [3.63, 3.8) is 0 Å². The van der Waals surface area contributed by atoms with Crippen molar-refractivity contribution >= 4 is 11.9 Å². The predicted molar refractivity (Wildman–Crippen MR) is 61.6 cm³/mol. The molecule has 1 aliphatic heterocycles. The van der Waals surface area contributed by atoms with Gasteiger partial charge >= 0.3 is 5.97 Å². The van der Waals surface area contributed by atoms with E-state index in [0.717, 1.165) is 20.0 Å². The first-order valence-electron chi connectivity index (χ1n) is 5.86. The van der Waals surface area contributed by atoms with Gasteiger partial charge in [0.1, 0.15) is 0 Å². The highest BCUT2D eigenvalue weighted by atomic mass is 16.4. The van der Waals surface area contributed by atoms with Crippen molar-refractivity contribution in [2.24, 2.45) is 0 Å². The summed E-state index contributed by atoms with van der Waals surface area (Å²) in [5.74, 6) is -1.56. The van der Waals surface area contributed by atoms with Gasteiger partial charge in [-0.15, -0.1) is 0 Å². The predicted octanol–water partition coefficient (Wildman–Crippen LogP) is -0.576. The van der Waals surface area contributed by atoms with Crippen LogP contribution in [0.15, 0.2) is 0 Å². The van der Waals surface area contributed by atoms with E-state index in [1.165, 1.54) is 12.8 Å². The van der Waals surface area contributed by atoms with Crippen molar-refractivity contribution in [3.8, 4) is 0 Å². The highest BCUT2D eigenvalue weighted by molar-refractivity contribution is 5.80. The molecular weight excluding hydrogens is 224 g/mol. The minimum absolute atomic E-state index is 0.224. The Balaban J connectivity index is 2.18. The van der Waals surface area contributed by atoms with Crippen molar-refractivity contribution in [2.45, 2.75) is 31.8 Å². The fourth-order valence-corrected chi connectivity index (χ4v) is 1.70. The van der Waals surface area contributed by atoms with E-state index in [1.54, 1.807) is 0 Å². The Hall–Kier alpha value is -1.14. The lowest BCUT2D eigenvalue weighted by Gasteiger charge is -2.19. The van der Waals surface area contributed by atoms with Crippen molar-refractivity contribution in [1.29, 1.82) is 0 Å². The molecule has 1 heterocycles. The average molecular weight is 244 g/mol. The molecule has 0 radical (unpaired) electrons. The number of aliphatic hydroxyl groups is 1. The Morgan fingerprint density at radius 3 is 2.47 bits per heavy atom. The number of aliphatic carboxylic acids is 1. The van der Waals surface area contributed by atoms with Gasteiger partial charge in [0.2, 0.25) is 5.91 Å². The zero-order valence-corrected chi connectivity index (χ0v) is 10.1. The summed E-state index contributed by atoms with van der Waals surface area (Å²) in [6, 6.07) is 0. The van der Waals surface area contributed by atoms with Crippen molar-refractivity contribution in [3.05, 3.63) is 0 Å². The molecule has 6 nitrogen and oxygen atoms in total. The average Bonchev–Trinajstić information content (AvgIpc) is 2.76.